The third kappa shape index (κ3) is 5.10. The number of hydrogen-bond acceptors (Lipinski definition) is 4. The first-order valence-corrected chi connectivity index (χ1v) is 10.4. The second-order valence-corrected chi connectivity index (χ2v) is 7.77. The Hall–Kier alpha value is -2.86. The van der Waals surface area contributed by atoms with Gasteiger partial charge in [-0.25, -0.2) is 4.98 Å². The average Bonchev–Trinajstić information content (AvgIpc) is 3.48. The molecular formula is C22H22N4OS. The largest absolute Gasteiger partial charge is 0.348 e. The Morgan fingerprint density at radius 2 is 1.82 bits per heavy atom. The molecule has 0 spiro atoms. The number of hydrogen-bond donors (Lipinski definition) is 2. The molecule has 142 valence electrons. The smallest absolute Gasteiger partial charge is 0.230 e. The molecule has 3 aromatic rings. The van der Waals surface area contributed by atoms with Crippen molar-refractivity contribution in [2.24, 2.45) is 5.92 Å². The van der Waals surface area contributed by atoms with E-state index in [1.54, 1.807) is 0 Å². The van der Waals surface area contributed by atoms with Gasteiger partial charge in [-0.15, -0.1) is 5.10 Å². The van der Waals surface area contributed by atoms with E-state index in [0.29, 0.717) is 22.7 Å². The van der Waals surface area contributed by atoms with E-state index in [1.165, 1.54) is 30.2 Å². The van der Waals surface area contributed by atoms with Gasteiger partial charge in [0.2, 0.25) is 11.1 Å². The molecule has 1 aliphatic rings. The first kappa shape index (κ1) is 18.5. The number of aromatic nitrogens is 3. The van der Waals surface area contributed by atoms with Gasteiger partial charge >= 0.3 is 0 Å². The van der Waals surface area contributed by atoms with E-state index in [9.17, 15) is 4.79 Å². The molecular weight excluding hydrogens is 368 g/mol. The molecule has 0 radical (unpaired) electrons. The van der Waals surface area contributed by atoms with Crippen LogP contribution in [0.1, 0.15) is 35.8 Å². The molecule has 28 heavy (non-hydrogen) atoms. The number of aromatic amines is 1. The zero-order chi connectivity index (χ0) is 19.2. The Balaban J connectivity index is 1.30. The van der Waals surface area contributed by atoms with Crippen LogP contribution in [0.5, 0.6) is 0 Å². The van der Waals surface area contributed by atoms with Crippen molar-refractivity contribution in [2.45, 2.75) is 24.0 Å². The van der Waals surface area contributed by atoms with E-state index in [0.717, 1.165) is 5.56 Å². The number of nitrogens with zero attached hydrogens (tertiary/aromatic N) is 2. The lowest BCUT2D eigenvalue weighted by Gasteiger charge is -2.18. The van der Waals surface area contributed by atoms with Crippen LogP contribution in [0.3, 0.4) is 0 Å². The van der Waals surface area contributed by atoms with E-state index in [2.05, 4.69) is 32.6 Å². The molecule has 1 amide bonds. The maximum atomic E-state index is 12.4. The van der Waals surface area contributed by atoms with Crippen molar-refractivity contribution < 1.29 is 4.79 Å². The molecule has 1 atom stereocenters. The molecule has 5 nitrogen and oxygen atoms in total. The van der Waals surface area contributed by atoms with Gasteiger partial charge in [-0.05, 0) is 36.0 Å². The first-order chi connectivity index (χ1) is 13.8. The van der Waals surface area contributed by atoms with Crippen LogP contribution in [0, 0.1) is 5.92 Å². The highest BCUT2D eigenvalue weighted by molar-refractivity contribution is 7.99. The monoisotopic (exact) mass is 390 g/mol. The van der Waals surface area contributed by atoms with E-state index in [4.69, 9.17) is 0 Å². The fourth-order valence-corrected chi connectivity index (χ4v) is 3.66. The number of carbonyl (C=O) groups is 1. The van der Waals surface area contributed by atoms with E-state index < -0.39 is 0 Å². The van der Waals surface area contributed by atoms with E-state index in [1.807, 2.05) is 60.7 Å². The zero-order valence-electron chi connectivity index (χ0n) is 15.4. The number of rotatable bonds is 8. The minimum atomic E-state index is 0.0110. The van der Waals surface area contributed by atoms with E-state index in [-0.39, 0.29) is 11.9 Å². The van der Waals surface area contributed by atoms with Crippen molar-refractivity contribution in [1.29, 1.82) is 0 Å². The summed E-state index contributed by atoms with van der Waals surface area (Å²) in [6.07, 6.45) is 6.20. The van der Waals surface area contributed by atoms with Gasteiger partial charge in [0.25, 0.3) is 0 Å². The second kappa shape index (κ2) is 8.89. The topological polar surface area (TPSA) is 70.7 Å². The van der Waals surface area contributed by atoms with Crippen LogP contribution in [0.25, 0.3) is 12.2 Å². The van der Waals surface area contributed by atoms with Gasteiger partial charge < -0.3 is 5.32 Å². The number of H-pyrrole nitrogens is 1. The summed E-state index contributed by atoms with van der Waals surface area (Å²) >= 11 is 1.34. The molecule has 1 aliphatic carbocycles. The molecule has 0 bridgehead atoms. The van der Waals surface area contributed by atoms with Crippen LogP contribution in [0.2, 0.25) is 0 Å². The number of thioether (sulfide) groups is 1. The maximum absolute atomic E-state index is 12.4. The highest BCUT2D eigenvalue weighted by Crippen LogP contribution is 2.40. The van der Waals surface area contributed by atoms with Crippen molar-refractivity contribution in [3.8, 4) is 0 Å². The molecule has 1 saturated carbocycles. The SMILES string of the molecule is O=C(CSc1n[nH]c(/C=C/c2ccccc2)n1)NC(c1ccccc1)C1CC1. The minimum Gasteiger partial charge on any atom is -0.348 e. The first-order valence-electron chi connectivity index (χ1n) is 9.40. The molecule has 1 aromatic heterocycles. The Kier molecular flexibility index (Phi) is 5.87. The van der Waals surface area contributed by atoms with Gasteiger partial charge in [0.15, 0.2) is 0 Å². The standard InChI is InChI=1S/C22H22N4OS/c27-20(24-21(18-12-13-18)17-9-5-2-6-10-17)15-28-22-23-19(25-26-22)14-11-16-7-3-1-4-8-16/h1-11,14,18,21H,12-13,15H2,(H,24,27)(H,23,25,26)/b14-11+. The number of amides is 1. The van der Waals surface area contributed by atoms with Gasteiger partial charge in [0.1, 0.15) is 5.82 Å². The predicted octanol–water partition coefficient (Wildman–Crippen LogP) is 4.33. The molecule has 1 heterocycles. The summed E-state index contributed by atoms with van der Waals surface area (Å²) in [5.74, 6) is 1.54. The average molecular weight is 391 g/mol. The summed E-state index contributed by atoms with van der Waals surface area (Å²) in [5, 5.41) is 10.8. The lowest BCUT2D eigenvalue weighted by Crippen LogP contribution is -2.31. The highest BCUT2D eigenvalue weighted by Gasteiger charge is 2.33. The van der Waals surface area contributed by atoms with Crippen molar-refractivity contribution in [2.75, 3.05) is 5.75 Å². The summed E-state index contributed by atoms with van der Waals surface area (Å²) in [4.78, 5) is 16.8. The minimum absolute atomic E-state index is 0.0110. The molecule has 2 N–H and O–H groups in total. The fraction of sp³-hybridized carbons (Fsp3) is 0.227. The summed E-state index contributed by atoms with van der Waals surface area (Å²) < 4.78 is 0. The normalized spacial score (nSPS) is 14.9. The Morgan fingerprint density at radius 3 is 2.54 bits per heavy atom. The number of nitrogens with one attached hydrogen (secondary N) is 2. The third-order valence-corrected chi connectivity index (χ3v) is 5.46. The summed E-state index contributed by atoms with van der Waals surface area (Å²) in [7, 11) is 0. The molecule has 1 unspecified atom stereocenters. The van der Waals surface area contributed by atoms with Gasteiger partial charge in [-0.3, -0.25) is 9.89 Å². The molecule has 0 aliphatic heterocycles. The molecule has 0 saturated heterocycles. The van der Waals surface area contributed by atoms with Gasteiger partial charge in [-0.2, -0.15) is 0 Å². The van der Waals surface area contributed by atoms with Crippen molar-refractivity contribution in [3.63, 3.8) is 0 Å². The lowest BCUT2D eigenvalue weighted by molar-refractivity contribution is -0.119. The van der Waals surface area contributed by atoms with Crippen LogP contribution in [0.4, 0.5) is 0 Å². The van der Waals surface area contributed by atoms with Crippen LogP contribution in [-0.2, 0) is 4.79 Å². The van der Waals surface area contributed by atoms with Gasteiger partial charge in [0.05, 0.1) is 11.8 Å². The van der Waals surface area contributed by atoms with Crippen LogP contribution >= 0.6 is 11.8 Å². The lowest BCUT2D eigenvalue weighted by atomic mass is 10.0. The van der Waals surface area contributed by atoms with Crippen LogP contribution in [-0.4, -0.2) is 26.8 Å². The summed E-state index contributed by atoms with van der Waals surface area (Å²) in [6.45, 7) is 0. The quantitative estimate of drug-likeness (QED) is 0.562. The Morgan fingerprint density at radius 1 is 1.11 bits per heavy atom. The van der Waals surface area contributed by atoms with Crippen LogP contribution < -0.4 is 5.32 Å². The van der Waals surface area contributed by atoms with Crippen molar-refractivity contribution >= 4 is 29.8 Å². The number of carbonyl (C=O) groups excluding carboxylic acids is 1. The van der Waals surface area contributed by atoms with Crippen molar-refractivity contribution in [3.05, 3.63) is 77.6 Å². The van der Waals surface area contributed by atoms with Crippen molar-refractivity contribution in [1.82, 2.24) is 20.5 Å². The van der Waals surface area contributed by atoms with E-state index >= 15 is 0 Å². The summed E-state index contributed by atoms with van der Waals surface area (Å²) in [5.41, 5.74) is 2.27. The van der Waals surface area contributed by atoms with Gasteiger partial charge in [0, 0.05) is 0 Å². The Bertz CT molecular complexity index is 935. The zero-order valence-corrected chi connectivity index (χ0v) is 16.2. The molecule has 4 rings (SSSR count). The van der Waals surface area contributed by atoms with Crippen LogP contribution in [0.15, 0.2) is 65.8 Å². The molecule has 6 heteroatoms. The second-order valence-electron chi connectivity index (χ2n) is 6.83. The summed E-state index contributed by atoms with van der Waals surface area (Å²) in [6, 6.07) is 20.3. The predicted molar refractivity (Wildman–Crippen MR) is 113 cm³/mol. The molecule has 2 aromatic carbocycles. The third-order valence-electron chi connectivity index (χ3n) is 4.62. The highest BCUT2D eigenvalue weighted by atomic mass is 32.2. The fourth-order valence-electron chi connectivity index (χ4n) is 3.05. The van der Waals surface area contributed by atoms with Gasteiger partial charge in [-0.1, -0.05) is 78.5 Å². The Labute approximate surface area is 168 Å². The maximum Gasteiger partial charge on any atom is 0.230 e. The molecule has 1 fully saturated rings. The number of benzene rings is 2.